The second-order valence-electron chi connectivity index (χ2n) is 9.21. The quantitative estimate of drug-likeness (QED) is 0.467. The van der Waals surface area contributed by atoms with E-state index >= 15 is 0 Å². The molecule has 2 fully saturated rings. The van der Waals surface area contributed by atoms with Crippen molar-refractivity contribution in [2.45, 2.75) is 43.4 Å². The molecule has 2 aromatic carbocycles. The molecule has 4 N–H and O–H groups in total. The molecule has 2 saturated heterocycles. The molecule has 0 saturated carbocycles. The number of hydrogen-bond acceptors (Lipinski definition) is 8. The van der Waals surface area contributed by atoms with Crippen LogP contribution in [0.5, 0.6) is 5.75 Å². The van der Waals surface area contributed by atoms with Crippen LogP contribution in [0, 0.1) is 5.92 Å². The second kappa shape index (κ2) is 11.5. The Balaban J connectivity index is 1.57. The first-order valence-electron chi connectivity index (χ1n) is 11.8. The summed E-state index contributed by atoms with van der Waals surface area (Å²) in [7, 11) is 0. The molecule has 9 heteroatoms. The standard InChI is InChI=1S/C26H33ClO8/c1-2-34-20-6-3-16(4-7-20)9-19-10-18(5-8-21(19)27)24-22(29)23(30)25(31)26(35-24)14-32-12-17(11-28)13-33-15-26/h3-8,10,17,22-25,28-31H,2,9,11-15H2,1H3. The summed E-state index contributed by atoms with van der Waals surface area (Å²) in [6.45, 7) is 2.78. The molecular formula is C26H33ClO8. The first-order chi connectivity index (χ1) is 16.9. The fourth-order valence-electron chi connectivity index (χ4n) is 4.56. The van der Waals surface area contributed by atoms with Crippen LogP contribution in [0.4, 0.5) is 0 Å². The number of aliphatic hydroxyl groups excluding tert-OH is 4. The Bertz CT molecular complexity index is 958. The molecule has 2 heterocycles. The third-order valence-corrected chi connectivity index (χ3v) is 6.94. The second-order valence-corrected chi connectivity index (χ2v) is 9.62. The van der Waals surface area contributed by atoms with Gasteiger partial charge in [0.15, 0.2) is 0 Å². The summed E-state index contributed by atoms with van der Waals surface area (Å²) in [5.41, 5.74) is 1.10. The van der Waals surface area contributed by atoms with Crippen molar-refractivity contribution in [2.24, 2.45) is 5.92 Å². The van der Waals surface area contributed by atoms with E-state index in [2.05, 4.69) is 0 Å². The maximum absolute atomic E-state index is 10.8. The number of rotatable bonds is 6. The highest BCUT2D eigenvalue weighted by Crippen LogP contribution is 2.40. The lowest BCUT2D eigenvalue weighted by Crippen LogP contribution is -2.66. The molecule has 0 radical (unpaired) electrons. The Morgan fingerprint density at radius 3 is 2.31 bits per heavy atom. The number of benzene rings is 2. The van der Waals surface area contributed by atoms with Gasteiger partial charge in [-0.25, -0.2) is 0 Å². The molecule has 8 nitrogen and oxygen atoms in total. The Hall–Kier alpha value is -1.75. The highest BCUT2D eigenvalue weighted by molar-refractivity contribution is 6.31. The zero-order valence-electron chi connectivity index (χ0n) is 19.7. The van der Waals surface area contributed by atoms with Gasteiger partial charge in [-0.1, -0.05) is 35.9 Å². The van der Waals surface area contributed by atoms with Crippen molar-refractivity contribution in [3.8, 4) is 5.75 Å². The van der Waals surface area contributed by atoms with E-state index in [1.807, 2.05) is 37.3 Å². The van der Waals surface area contributed by atoms with Crippen LogP contribution in [-0.2, 0) is 20.6 Å². The molecule has 35 heavy (non-hydrogen) atoms. The van der Waals surface area contributed by atoms with Gasteiger partial charge in [0.25, 0.3) is 0 Å². The first kappa shape index (κ1) is 26.3. The Kier molecular flexibility index (Phi) is 8.67. The smallest absolute Gasteiger partial charge is 0.144 e. The highest BCUT2D eigenvalue weighted by Gasteiger charge is 2.54. The summed E-state index contributed by atoms with van der Waals surface area (Å²) >= 11 is 6.49. The van der Waals surface area contributed by atoms with E-state index < -0.39 is 30.0 Å². The van der Waals surface area contributed by atoms with E-state index in [4.69, 9.17) is 30.5 Å². The van der Waals surface area contributed by atoms with Gasteiger partial charge >= 0.3 is 0 Å². The average molecular weight is 509 g/mol. The van der Waals surface area contributed by atoms with Crippen LogP contribution in [0.2, 0.25) is 5.02 Å². The molecule has 2 aliphatic heterocycles. The summed E-state index contributed by atoms with van der Waals surface area (Å²) in [5.74, 6) is 0.613. The maximum atomic E-state index is 10.8. The van der Waals surface area contributed by atoms with Gasteiger partial charge in [-0.2, -0.15) is 0 Å². The maximum Gasteiger partial charge on any atom is 0.144 e. The summed E-state index contributed by atoms with van der Waals surface area (Å²) in [4.78, 5) is 0. The number of halogens is 1. The number of ether oxygens (including phenoxy) is 4. The minimum atomic E-state index is -1.47. The lowest BCUT2D eigenvalue weighted by Gasteiger charge is -2.49. The van der Waals surface area contributed by atoms with Gasteiger partial charge in [0.05, 0.1) is 39.6 Å². The minimum Gasteiger partial charge on any atom is -0.494 e. The SMILES string of the molecule is CCOc1ccc(Cc2cc(C3OC4(COCC(CO)COC4)C(O)C(O)C3O)ccc2Cl)cc1. The van der Waals surface area contributed by atoms with Crippen LogP contribution >= 0.6 is 11.6 Å². The molecule has 0 aromatic heterocycles. The largest absolute Gasteiger partial charge is 0.494 e. The van der Waals surface area contributed by atoms with E-state index in [-0.39, 0.29) is 39.0 Å². The van der Waals surface area contributed by atoms with E-state index in [0.717, 1.165) is 16.9 Å². The van der Waals surface area contributed by atoms with Crippen molar-refractivity contribution >= 4 is 11.6 Å². The van der Waals surface area contributed by atoms with E-state index in [0.29, 0.717) is 23.6 Å². The molecule has 2 aromatic rings. The van der Waals surface area contributed by atoms with Gasteiger partial charge in [0, 0.05) is 10.9 Å². The Morgan fingerprint density at radius 2 is 1.69 bits per heavy atom. The van der Waals surface area contributed by atoms with Crippen molar-refractivity contribution < 1.29 is 39.4 Å². The van der Waals surface area contributed by atoms with Crippen molar-refractivity contribution in [1.82, 2.24) is 0 Å². The zero-order valence-corrected chi connectivity index (χ0v) is 20.4. The molecule has 1 spiro atoms. The predicted octanol–water partition coefficient (Wildman–Crippen LogP) is 1.88. The van der Waals surface area contributed by atoms with Gasteiger partial charge in [0.2, 0.25) is 0 Å². The van der Waals surface area contributed by atoms with Crippen molar-refractivity contribution in [3.63, 3.8) is 0 Å². The van der Waals surface area contributed by atoms with Gasteiger partial charge < -0.3 is 39.4 Å². The Morgan fingerprint density at radius 1 is 1.00 bits per heavy atom. The molecule has 4 atom stereocenters. The van der Waals surface area contributed by atoms with Gasteiger partial charge in [-0.05, 0) is 48.2 Å². The van der Waals surface area contributed by atoms with Gasteiger partial charge in [-0.3, -0.25) is 0 Å². The lowest BCUT2D eigenvalue weighted by atomic mass is 9.83. The summed E-state index contributed by atoms with van der Waals surface area (Å²) < 4.78 is 23.2. The van der Waals surface area contributed by atoms with Crippen LogP contribution in [-0.4, -0.2) is 84.0 Å². The van der Waals surface area contributed by atoms with Crippen molar-refractivity contribution in [2.75, 3.05) is 39.6 Å². The molecule has 192 valence electrons. The van der Waals surface area contributed by atoms with E-state index in [1.165, 1.54) is 0 Å². The highest BCUT2D eigenvalue weighted by atomic mass is 35.5. The summed E-state index contributed by atoms with van der Waals surface area (Å²) in [6, 6.07) is 13.1. The molecule has 0 aliphatic carbocycles. The van der Waals surface area contributed by atoms with Crippen LogP contribution in [0.1, 0.15) is 29.7 Å². The number of hydrogen-bond donors (Lipinski definition) is 4. The topological polar surface area (TPSA) is 118 Å². The molecule has 0 amide bonds. The summed E-state index contributed by atoms with van der Waals surface area (Å²) in [6.07, 6.45) is -4.66. The van der Waals surface area contributed by atoms with Crippen LogP contribution in [0.15, 0.2) is 42.5 Å². The molecule has 4 rings (SSSR count). The monoisotopic (exact) mass is 508 g/mol. The van der Waals surface area contributed by atoms with Gasteiger partial charge in [0.1, 0.15) is 35.8 Å². The third kappa shape index (κ3) is 5.81. The minimum absolute atomic E-state index is 0.0580. The third-order valence-electron chi connectivity index (χ3n) is 6.57. The number of aliphatic hydroxyl groups is 4. The molecular weight excluding hydrogens is 476 g/mol. The fourth-order valence-corrected chi connectivity index (χ4v) is 4.75. The van der Waals surface area contributed by atoms with Crippen molar-refractivity contribution in [3.05, 3.63) is 64.2 Å². The van der Waals surface area contributed by atoms with Crippen LogP contribution < -0.4 is 4.74 Å². The zero-order chi connectivity index (χ0) is 25.0. The normalized spacial score (nSPS) is 31.7. The summed E-state index contributed by atoms with van der Waals surface area (Å²) in [5, 5.41) is 42.3. The molecule has 4 unspecified atom stereocenters. The van der Waals surface area contributed by atoms with Crippen LogP contribution in [0.25, 0.3) is 0 Å². The molecule has 0 bridgehead atoms. The molecule has 2 aliphatic rings. The van der Waals surface area contributed by atoms with Gasteiger partial charge in [-0.15, -0.1) is 0 Å². The predicted molar refractivity (Wildman–Crippen MR) is 129 cm³/mol. The van der Waals surface area contributed by atoms with E-state index in [9.17, 15) is 20.4 Å². The average Bonchev–Trinajstić information content (AvgIpc) is 2.84. The fraction of sp³-hybridized carbons (Fsp3) is 0.538. The van der Waals surface area contributed by atoms with E-state index in [1.54, 1.807) is 12.1 Å². The van der Waals surface area contributed by atoms with Crippen LogP contribution in [0.3, 0.4) is 0 Å². The van der Waals surface area contributed by atoms with Crippen molar-refractivity contribution in [1.29, 1.82) is 0 Å². The lowest BCUT2D eigenvalue weighted by molar-refractivity contribution is -0.302. The Labute approximate surface area is 210 Å². The first-order valence-corrected chi connectivity index (χ1v) is 12.2.